The zero-order valence-corrected chi connectivity index (χ0v) is 18.4. The maximum Gasteiger partial charge on any atom is 0.155 e. The van der Waals surface area contributed by atoms with E-state index in [1.807, 2.05) is 41.9 Å². The van der Waals surface area contributed by atoms with Crippen LogP contribution in [0.25, 0.3) is 32.5 Å². The average Bonchev–Trinajstić information content (AvgIpc) is 3.28. The van der Waals surface area contributed by atoms with E-state index in [2.05, 4.69) is 22.0 Å². The van der Waals surface area contributed by atoms with Crippen LogP contribution in [-0.2, 0) is 4.74 Å². The van der Waals surface area contributed by atoms with Crippen molar-refractivity contribution in [3.63, 3.8) is 0 Å². The number of nitrogens with zero attached hydrogens (tertiary/aromatic N) is 3. The lowest BCUT2D eigenvalue weighted by molar-refractivity contribution is 0.138. The van der Waals surface area contributed by atoms with Crippen LogP contribution in [0.4, 0.5) is 0 Å². The lowest BCUT2D eigenvalue weighted by Crippen LogP contribution is -2.31. The second-order valence-electron chi connectivity index (χ2n) is 7.06. The van der Waals surface area contributed by atoms with Gasteiger partial charge in [0.25, 0.3) is 0 Å². The smallest absolute Gasteiger partial charge is 0.155 e. The molecule has 0 aliphatic heterocycles. The minimum Gasteiger partial charge on any atom is -0.492 e. The van der Waals surface area contributed by atoms with Crippen LogP contribution in [-0.4, -0.2) is 55.0 Å². The molecule has 0 fully saturated rings. The Morgan fingerprint density at radius 2 is 2.03 bits per heavy atom. The van der Waals surface area contributed by atoms with Crippen LogP contribution in [0.3, 0.4) is 0 Å². The van der Waals surface area contributed by atoms with Gasteiger partial charge in [0.15, 0.2) is 5.76 Å². The summed E-state index contributed by atoms with van der Waals surface area (Å²) in [4.78, 5) is 6.75. The lowest BCUT2D eigenvalue weighted by atomic mass is 10.1. The third-order valence-electron chi connectivity index (χ3n) is 5.15. The fourth-order valence-electron chi connectivity index (χ4n) is 3.38. The summed E-state index contributed by atoms with van der Waals surface area (Å²) in [7, 11) is 1.70. The summed E-state index contributed by atoms with van der Waals surface area (Å²) in [6.07, 6.45) is 1.82. The number of benzene rings is 1. The van der Waals surface area contributed by atoms with E-state index in [-0.39, 0.29) is 0 Å². The molecule has 1 N–H and O–H groups in total. The molecule has 0 aliphatic rings. The second kappa shape index (κ2) is 9.91. The Bertz CT molecular complexity index is 1230. The third-order valence-corrected chi connectivity index (χ3v) is 6.03. The first kappa shape index (κ1) is 21.3. The van der Waals surface area contributed by atoms with Gasteiger partial charge in [-0.05, 0) is 42.3 Å². The van der Waals surface area contributed by atoms with Crippen LogP contribution in [0.15, 0.2) is 57.5 Å². The summed E-state index contributed by atoms with van der Waals surface area (Å²) in [6.45, 7) is 5.97. The number of methoxy groups -OCH3 is 1. The van der Waals surface area contributed by atoms with E-state index in [0.717, 1.165) is 29.7 Å². The molecule has 1 aromatic carbocycles. The van der Waals surface area contributed by atoms with Gasteiger partial charge in [-0.15, -0.1) is 11.3 Å². The van der Waals surface area contributed by atoms with Gasteiger partial charge in [-0.25, -0.2) is 0 Å². The second-order valence-corrected chi connectivity index (χ2v) is 8.01. The van der Waals surface area contributed by atoms with Crippen LogP contribution in [0, 0.1) is 0 Å². The minimum absolute atomic E-state index is 0.407. The summed E-state index contributed by atoms with van der Waals surface area (Å²) in [5, 5.41) is 17.3. The zero-order valence-electron chi connectivity index (χ0n) is 17.6. The number of hydrogen-bond donors (Lipinski definition) is 1. The summed E-state index contributed by atoms with van der Waals surface area (Å²) in [6, 6.07) is 11.2. The molecule has 0 aliphatic carbocycles. The van der Waals surface area contributed by atoms with E-state index in [1.165, 1.54) is 0 Å². The molecule has 162 valence electrons. The van der Waals surface area contributed by atoms with Crippen LogP contribution in [0.2, 0.25) is 0 Å². The van der Waals surface area contributed by atoms with E-state index in [1.54, 1.807) is 24.5 Å². The highest BCUT2D eigenvalue weighted by Gasteiger charge is 2.10. The molecule has 3 aromatic heterocycles. The van der Waals surface area contributed by atoms with Crippen molar-refractivity contribution in [3.8, 4) is 17.2 Å². The number of fused-ring (bicyclic) bond motifs is 2. The Kier molecular flexibility index (Phi) is 6.81. The van der Waals surface area contributed by atoms with Gasteiger partial charge >= 0.3 is 0 Å². The molecule has 0 unspecified atom stereocenters. The Morgan fingerprint density at radius 3 is 2.84 bits per heavy atom. The van der Waals surface area contributed by atoms with Gasteiger partial charge in [-0.2, -0.15) is 0 Å². The van der Waals surface area contributed by atoms with E-state index in [0.29, 0.717) is 46.7 Å². The van der Waals surface area contributed by atoms with Gasteiger partial charge in [0.2, 0.25) is 0 Å². The van der Waals surface area contributed by atoms with Gasteiger partial charge < -0.3 is 19.1 Å². The number of hydrogen-bond acceptors (Lipinski definition) is 8. The van der Waals surface area contributed by atoms with E-state index >= 15 is 0 Å². The van der Waals surface area contributed by atoms with E-state index in [4.69, 9.17) is 13.9 Å². The minimum atomic E-state index is 0.407. The molecule has 3 heterocycles. The van der Waals surface area contributed by atoms with Crippen LogP contribution in [0.5, 0.6) is 5.75 Å². The van der Waals surface area contributed by atoms with Crippen molar-refractivity contribution in [1.29, 1.82) is 0 Å². The molecule has 0 saturated carbocycles. The van der Waals surface area contributed by atoms with E-state index in [9.17, 15) is 5.21 Å². The van der Waals surface area contributed by atoms with Crippen molar-refractivity contribution in [2.24, 2.45) is 5.16 Å². The molecule has 4 rings (SSSR count). The highest BCUT2D eigenvalue weighted by molar-refractivity contribution is 7.17. The maximum atomic E-state index is 9.61. The molecule has 8 heteroatoms. The normalized spacial score (nSPS) is 12.3. The van der Waals surface area contributed by atoms with Crippen LogP contribution >= 0.6 is 11.3 Å². The highest BCUT2D eigenvalue weighted by atomic mass is 32.1. The topological polar surface area (TPSA) is 80.3 Å². The first-order valence-corrected chi connectivity index (χ1v) is 11.0. The predicted octanol–water partition coefficient (Wildman–Crippen LogP) is 4.35. The van der Waals surface area contributed by atoms with Crippen molar-refractivity contribution in [1.82, 2.24) is 9.88 Å². The van der Waals surface area contributed by atoms with Crippen LogP contribution in [0.1, 0.15) is 6.92 Å². The number of aromatic nitrogens is 1. The van der Waals surface area contributed by atoms with Gasteiger partial charge in [-0.1, -0.05) is 12.1 Å². The van der Waals surface area contributed by atoms with Crippen molar-refractivity contribution in [3.05, 3.63) is 53.3 Å². The third kappa shape index (κ3) is 4.87. The zero-order chi connectivity index (χ0) is 21.6. The monoisotopic (exact) mass is 439 g/mol. The highest BCUT2D eigenvalue weighted by Crippen LogP contribution is 2.27. The molecule has 0 atom stereocenters. The molecule has 0 saturated heterocycles. The van der Waals surface area contributed by atoms with Crippen molar-refractivity contribution in [2.45, 2.75) is 6.92 Å². The van der Waals surface area contributed by atoms with Gasteiger partial charge in [0.05, 0.1) is 12.0 Å². The summed E-state index contributed by atoms with van der Waals surface area (Å²) >= 11 is 1.65. The Morgan fingerprint density at radius 1 is 1.16 bits per heavy atom. The molecule has 4 aromatic rings. The molecule has 31 heavy (non-hydrogen) atoms. The molecular formula is C23H25N3O4S. The molecule has 0 radical (unpaired) electrons. The van der Waals surface area contributed by atoms with Gasteiger partial charge in [0, 0.05) is 42.5 Å². The molecule has 0 spiro atoms. The predicted molar refractivity (Wildman–Crippen MR) is 122 cm³/mol. The number of rotatable bonds is 9. The van der Waals surface area contributed by atoms with Crippen molar-refractivity contribution < 1.29 is 19.1 Å². The van der Waals surface area contributed by atoms with Gasteiger partial charge in [-0.3, -0.25) is 9.88 Å². The number of pyridine rings is 1. The Labute approximate surface area is 184 Å². The maximum absolute atomic E-state index is 9.61. The average molecular weight is 440 g/mol. The number of likely N-dealkylation sites (N-methyl/N-ethyl adjacent to an activating group) is 1. The fourth-order valence-corrected chi connectivity index (χ4v) is 4.18. The lowest BCUT2D eigenvalue weighted by Gasteiger charge is -2.19. The Hall–Kier alpha value is -2.94. The van der Waals surface area contributed by atoms with Crippen LogP contribution < -0.4 is 10.1 Å². The summed E-state index contributed by atoms with van der Waals surface area (Å²) in [5.74, 6) is 1.24. The van der Waals surface area contributed by atoms with Crippen molar-refractivity contribution >= 4 is 32.4 Å². The molecular weight excluding hydrogens is 414 g/mol. The standard InChI is InChI=1S/C23H25N3O4S/c1-3-26(7-9-28-2)8-10-29-17-4-5-21-18(12-17)19(25-27)13-22(30-21)20-14-23-16(15-24-20)6-11-31-23/h4-6,11-15,27H,3,7-10H2,1-2H3/b25-19+. The molecule has 0 amide bonds. The van der Waals surface area contributed by atoms with Crippen molar-refractivity contribution in [2.75, 3.05) is 40.0 Å². The SMILES string of the molecule is CCN(CCOC)CCOc1ccc2oc(-c3cc4sccc4cn3)c/c(=N\O)c2c1. The first-order chi connectivity index (χ1) is 15.2. The molecule has 7 nitrogen and oxygen atoms in total. The fraction of sp³-hybridized carbons (Fsp3) is 0.304. The van der Waals surface area contributed by atoms with E-state index < -0.39 is 0 Å². The summed E-state index contributed by atoms with van der Waals surface area (Å²) < 4.78 is 18.3. The first-order valence-electron chi connectivity index (χ1n) is 10.2. The Balaban J connectivity index is 1.56. The number of thiophene rings is 1. The van der Waals surface area contributed by atoms with Gasteiger partial charge in [0.1, 0.15) is 29.0 Å². The summed E-state index contributed by atoms with van der Waals surface area (Å²) in [5.41, 5.74) is 1.29. The molecule has 0 bridgehead atoms. The number of ether oxygens (including phenoxy) is 2. The quantitative estimate of drug-likeness (QED) is 0.309. The largest absolute Gasteiger partial charge is 0.492 e.